The highest BCUT2D eigenvalue weighted by Gasteiger charge is 2.19. The normalized spacial score (nSPS) is 11.7. The Hall–Kier alpha value is -4.60. The van der Waals surface area contributed by atoms with Gasteiger partial charge < -0.3 is 23.8 Å². The van der Waals surface area contributed by atoms with E-state index in [1.54, 1.807) is 0 Å². The van der Waals surface area contributed by atoms with Gasteiger partial charge in [-0.3, -0.25) is 0 Å². The second-order valence-electron chi connectivity index (χ2n) is 10.9. The molecule has 0 bridgehead atoms. The van der Waals surface area contributed by atoms with Crippen molar-refractivity contribution >= 4 is 35.5 Å². The summed E-state index contributed by atoms with van der Waals surface area (Å²) >= 11 is 0. The quantitative estimate of drug-likeness (QED) is 0.0776. The number of benzene rings is 2. The molecule has 44 heavy (non-hydrogen) atoms. The number of carbonyl (C=O) groups is 2. The van der Waals surface area contributed by atoms with Gasteiger partial charge in [-0.1, -0.05) is 24.3 Å². The molecule has 0 spiro atoms. The highest BCUT2D eigenvalue weighted by molar-refractivity contribution is 5.98. The molecule has 0 aliphatic carbocycles. The minimum Gasteiger partial charge on any atom is -0.461 e. The molecule has 0 saturated carbocycles. The van der Waals surface area contributed by atoms with E-state index in [0.29, 0.717) is 24.0 Å². The molecule has 2 aromatic carbocycles. The fourth-order valence-electron chi connectivity index (χ4n) is 4.66. The summed E-state index contributed by atoms with van der Waals surface area (Å²) < 4.78 is 11.3. The van der Waals surface area contributed by atoms with Gasteiger partial charge in [0.15, 0.2) is 0 Å². The van der Waals surface area contributed by atoms with Crippen LogP contribution in [-0.4, -0.2) is 83.0 Å². The van der Waals surface area contributed by atoms with Crippen molar-refractivity contribution in [3.63, 3.8) is 0 Å². The maximum absolute atomic E-state index is 12.5. The lowest BCUT2D eigenvalue weighted by Crippen LogP contribution is -2.43. The zero-order valence-electron chi connectivity index (χ0n) is 27.0. The Kier molecular flexibility index (Phi) is 14.7. The van der Waals surface area contributed by atoms with Crippen molar-refractivity contribution in [3.05, 3.63) is 70.8 Å². The average Bonchev–Trinajstić information content (AvgIpc) is 3.03. The number of likely N-dealkylation sites (N-methyl/N-ethyl adjacent to an activating group) is 1. The van der Waals surface area contributed by atoms with Crippen molar-refractivity contribution < 1.29 is 23.5 Å². The molecule has 0 unspecified atom stereocenters. The summed E-state index contributed by atoms with van der Waals surface area (Å²) in [5.41, 5.74) is 3.57. The maximum atomic E-state index is 12.5. The lowest BCUT2D eigenvalue weighted by molar-refractivity contribution is -0.890. The van der Waals surface area contributed by atoms with Gasteiger partial charge in [0.05, 0.1) is 27.2 Å². The van der Waals surface area contributed by atoms with Crippen LogP contribution in [0.15, 0.2) is 59.7 Å². The van der Waals surface area contributed by atoms with Gasteiger partial charge in [-0.05, 0) is 75.2 Å². The zero-order chi connectivity index (χ0) is 32.5. The fourth-order valence-corrected chi connectivity index (χ4v) is 4.66. The van der Waals surface area contributed by atoms with E-state index in [-0.39, 0.29) is 24.4 Å². The molecule has 0 aromatic heterocycles. The Morgan fingerprint density at radius 1 is 0.682 bits per heavy atom. The number of nitriles is 2. The number of nitrogens with zero attached hydrogens (tertiary/aromatic N) is 5. The Bertz CT molecular complexity index is 1360. The van der Waals surface area contributed by atoms with Gasteiger partial charge in [0.2, 0.25) is 0 Å². The molecule has 0 amide bonds. The minimum absolute atomic E-state index is 0.0533. The summed E-state index contributed by atoms with van der Waals surface area (Å²) in [5, 5.41) is 19.0. The molecule has 0 atom stereocenters. The summed E-state index contributed by atoms with van der Waals surface area (Å²) in [6, 6.07) is 19.3. The Labute approximate surface area is 262 Å². The van der Waals surface area contributed by atoms with E-state index in [9.17, 15) is 20.1 Å². The van der Waals surface area contributed by atoms with Gasteiger partial charge in [0, 0.05) is 44.0 Å². The lowest BCUT2D eigenvalue weighted by Gasteiger charge is -2.29. The predicted octanol–water partition coefficient (Wildman–Crippen LogP) is 5.45. The maximum Gasteiger partial charge on any atom is 0.349 e. The molecule has 0 aliphatic heterocycles. The lowest BCUT2D eigenvalue weighted by atomic mass is 10.1. The number of esters is 2. The van der Waals surface area contributed by atoms with Crippen molar-refractivity contribution in [1.29, 1.82) is 10.5 Å². The van der Waals surface area contributed by atoms with Crippen LogP contribution in [0, 0.1) is 22.7 Å². The van der Waals surface area contributed by atoms with Crippen LogP contribution < -0.4 is 9.80 Å². The highest BCUT2D eigenvalue weighted by Crippen LogP contribution is 2.18. The fraction of sp³-hybridized carbons (Fsp3) is 0.429. The third-order valence-electron chi connectivity index (χ3n) is 7.42. The monoisotopic (exact) mass is 600 g/mol. The van der Waals surface area contributed by atoms with Crippen LogP contribution in [0.4, 0.5) is 11.4 Å². The van der Waals surface area contributed by atoms with Gasteiger partial charge >= 0.3 is 11.9 Å². The van der Waals surface area contributed by atoms with Crippen LogP contribution in [0.25, 0.3) is 12.2 Å². The third kappa shape index (κ3) is 11.2. The number of rotatable bonds is 17. The van der Waals surface area contributed by atoms with Crippen LogP contribution >= 0.6 is 0 Å². The Balaban J connectivity index is 1.81. The number of hydrogen-bond donors (Lipinski definition) is 0. The summed E-state index contributed by atoms with van der Waals surface area (Å²) in [4.78, 5) is 29.5. The van der Waals surface area contributed by atoms with Crippen molar-refractivity contribution in [2.75, 3.05) is 76.4 Å². The number of hydrogen-bond acceptors (Lipinski definition) is 8. The van der Waals surface area contributed by atoms with E-state index in [2.05, 4.69) is 37.5 Å². The Morgan fingerprint density at radius 3 is 1.43 bits per heavy atom. The van der Waals surface area contributed by atoms with E-state index in [4.69, 9.17) is 9.47 Å². The molecule has 0 radical (unpaired) electrons. The van der Waals surface area contributed by atoms with Gasteiger partial charge in [0.1, 0.15) is 36.4 Å². The molecule has 0 aliphatic rings. The summed E-state index contributed by atoms with van der Waals surface area (Å²) in [7, 11) is 3.97. The predicted molar refractivity (Wildman–Crippen MR) is 176 cm³/mol. The van der Waals surface area contributed by atoms with E-state index in [1.165, 1.54) is 12.2 Å². The van der Waals surface area contributed by atoms with Crippen LogP contribution in [0.5, 0.6) is 0 Å². The van der Waals surface area contributed by atoms with Crippen LogP contribution in [0.1, 0.15) is 45.2 Å². The first-order valence-electron chi connectivity index (χ1n) is 15.2. The Morgan fingerprint density at radius 2 is 1.07 bits per heavy atom. The van der Waals surface area contributed by atoms with E-state index >= 15 is 0 Å². The van der Waals surface area contributed by atoms with E-state index in [0.717, 1.165) is 48.7 Å². The molecule has 0 fully saturated rings. The number of ether oxygens (including phenoxy) is 2. The first kappa shape index (κ1) is 35.6. The molecule has 0 heterocycles. The van der Waals surface area contributed by atoms with E-state index in [1.807, 2.05) is 74.8 Å². The highest BCUT2D eigenvalue weighted by atomic mass is 16.5. The van der Waals surface area contributed by atoms with Gasteiger partial charge in [-0.25, -0.2) is 9.59 Å². The molecule has 0 N–H and O–H groups in total. The molecule has 9 heteroatoms. The largest absolute Gasteiger partial charge is 0.461 e. The number of anilines is 2. The molecule has 2 aromatic rings. The van der Waals surface area contributed by atoms with E-state index < -0.39 is 11.9 Å². The van der Waals surface area contributed by atoms with Crippen LogP contribution in [0.2, 0.25) is 0 Å². The van der Waals surface area contributed by atoms with Crippen LogP contribution in [0.3, 0.4) is 0 Å². The van der Waals surface area contributed by atoms with Gasteiger partial charge in [-0.2, -0.15) is 10.5 Å². The average molecular weight is 601 g/mol. The zero-order valence-corrected chi connectivity index (χ0v) is 27.0. The molecule has 2 rings (SSSR count). The smallest absolute Gasteiger partial charge is 0.349 e. The van der Waals surface area contributed by atoms with Crippen molar-refractivity contribution in [1.82, 2.24) is 0 Å². The number of quaternary nitrogens is 1. The standard InChI is InChI=1S/C35H46N5O4/c1-7-38(8-2)32-16-12-28(13-17-32)24-30(26-36)34(41)43-22-11-20-40(5,6)21-23-44-35(42)31(27-37)25-29-14-18-33(19-15-29)39(9-3)10-4/h12-19,24-25H,7-11,20-23H2,1-6H3/q+1. The molecule has 0 saturated heterocycles. The molecular formula is C35H46N5O4+. The first-order valence-corrected chi connectivity index (χ1v) is 15.2. The van der Waals surface area contributed by atoms with Crippen LogP contribution in [-0.2, 0) is 19.1 Å². The SMILES string of the molecule is CCN(CC)c1ccc(C=C(C#N)C(=O)OCCC[N+](C)(C)CCOC(=O)C(C#N)=Cc2ccc(N(CC)CC)cc2)cc1. The van der Waals surface area contributed by atoms with Crippen molar-refractivity contribution in [2.24, 2.45) is 0 Å². The van der Waals surface area contributed by atoms with Crippen molar-refractivity contribution in [2.45, 2.75) is 34.1 Å². The summed E-state index contributed by atoms with van der Waals surface area (Å²) in [6.07, 6.45) is 3.64. The second-order valence-corrected chi connectivity index (χ2v) is 10.9. The van der Waals surface area contributed by atoms with Gasteiger partial charge in [0.25, 0.3) is 0 Å². The van der Waals surface area contributed by atoms with Gasteiger partial charge in [-0.15, -0.1) is 0 Å². The molecular weight excluding hydrogens is 554 g/mol. The molecule has 234 valence electrons. The summed E-state index contributed by atoms with van der Waals surface area (Å²) in [6.45, 7) is 13.4. The third-order valence-corrected chi connectivity index (χ3v) is 7.42. The molecule has 9 nitrogen and oxygen atoms in total. The topological polar surface area (TPSA) is 107 Å². The first-order chi connectivity index (χ1) is 21.1. The minimum atomic E-state index is -0.659. The second kappa shape index (κ2) is 18.1. The summed E-state index contributed by atoms with van der Waals surface area (Å²) in [5.74, 6) is -1.31. The number of carbonyl (C=O) groups excluding carboxylic acids is 2. The van der Waals surface area contributed by atoms with Crippen molar-refractivity contribution in [3.8, 4) is 12.1 Å².